The van der Waals surface area contributed by atoms with Crippen LogP contribution < -0.4 is 4.74 Å². The molecular weight excluding hydrogens is 344 g/mol. The van der Waals surface area contributed by atoms with Crippen LogP contribution in [0.2, 0.25) is 0 Å². The van der Waals surface area contributed by atoms with E-state index >= 15 is 0 Å². The predicted molar refractivity (Wildman–Crippen MR) is 103 cm³/mol. The van der Waals surface area contributed by atoms with E-state index in [2.05, 4.69) is 17.6 Å². The molecule has 1 aliphatic heterocycles. The summed E-state index contributed by atoms with van der Waals surface area (Å²) in [5.74, 6) is 0.777. The van der Waals surface area contributed by atoms with E-state index in [0.29, 0.717) is 25.7 Å². The summed E-state index contributed by atoms with van der Waals surface area (Å²) in [7, 11) is 1.65. The molecule has 27 heavy (non-hydrogen) atoms. The van der Waals surface area contributed by atoms with Crippen molar-refractivity contribution in [3.05, 3.63) is 29.5 Å². The van der Waals surface area contributed by atoms with Gasteiger partial charge in [-0.1, -0.05) is 12.8 Å². The molecule has 1 aliphatic carbocycles. The second-order valence-electron chi connectivity index (χ2n) is 7.58. The number of aliphatic hydroxyl groups is 1. The predicted octanol–water partition coefficient (Wildman–Crippen LogP) is 2.91. The number of methoxy groups -OCH3 is 1. The van der Waals surface area contributed by atoms with E-state index in [9.17, 15) is 9.90 Å². The van der Waals surface area contributed by atoms with Crippen LogP contribution in [0.4, 0.5) is 0 Å². The summed E-state index contributed by atoms with van der Waals surface area (Å²) in [6.07, 6.45) is 4.50. The lowest BCUT2D eigenvalue weighted by Crippen LogP contribution is -2.47. The Kier molecular flexibility index (Phi) is 5.10. The van der Waals surface area contributed by atoms with Gasteiger partial charge in [0.25, 0.3) is 5.91 Å². The third-order valence-corrected chi connectivity index (χ3v) is 5.99. The van der Waals surface area contributed by atoms with Gasteiger partial charge in [0.15, 0.2) is 0 Å². The van der Waals surface area contributed by atoms with Crippen LogP contribution in [0.1, 0.15) is 47.8 Å². The number of hydrogen-bond acceptors (Lipinski definition) is 4. The van der Waals surface area contributed by atoms with Crippen molar-refractivity contribution in [3.8, 4) is 5.75 Å². The van der Waals surface area contributed by atoms with E-state index in [4.69, 9.17) is 9.47 Å². The Morgan fingerprint density at radius 3 is 2.81 bits per heavy atom. The fourth-order valence-electron chi connectivity index (χ4n) is 4.62. The second-order valence-corrected chi connectivity index (χ2v) is 7.58. The molecule has 0 spiro atoms. The van der Waals surface area contributed by atoms with Gasteiger partial charge in [0.2, 0.25) is 0 Å². The van der Waals surface area contributed by atoms with Crippen molar-refractivity contribution >= 4 is 16.8 Å². The minimum atomic E-state index is -0.305. The highest BCUT2D eigenvalue weighted by Crippen LogP contribution is 2.38. The third kappa shape index (κ3) is 3.21. The Bertz CT molecular complexity index is 838. The number of benzene rings is 1. The van der Waals surface area contributed by atoms with E-state index < -0.39 is 0 Å². The SMILES string of the molecule is COc1ccc2c(c1)c(C(=O)N1CCOC(CO)C1)c(C)n2C1CCCC1. The van der Waals surface area contributed by atoms with Crippen LogP contribution in [0, 0.1) is 6.92 Å². The lowest BCUT2D eigenvalue weighted by molar-refractivity contribution is -0.0447. The van der Waals surface area contributed by atoms with Crippen molar-refractivity contribution in [2.75, 3.05) is 33.4 Å². The molecule has 1 aromatic carbocycles. The Hall–Kier alpha value is -2.05. The molecule has 1 aromatic heterocycles. The summed E-state index contributed by atoms with van der Waals surface area (Å²) in [5, 5.41) is 10.4. The monoisotopic (exact) mass is 372 g/mol. The van der Waals surface area contributed by atoms with Gasteiger partial charge in [0.05, 0.1) is 32.0 Å². The number of hydrogen-bond donors (Lipinski definition) is 1. The summed E-state index contributed by atoms with van der Waals surface area (Å²) in [4.78, 5) is 15.3. The maximum absolute atomic E-state index is 13.5. The summed E-state index contributed by atoms with van der Waals surface area (Å²) >= 11 is 0. The number of nitrogens with zero attached hydrogens (tertiary/aromatic N) is 2. The zero-order valence-electron chi connectivity index (χ0n) is 16.1. The van der Waals surface area contributed by atoms with E-state index in [-0.39, 0.29) is 18.6 Å². The first-order valence-electron chi connectivity index (χ1n) is 9.84. The van der Waals surface area contributed by atoms with Crippen molar-refractivity contribution in [2.45, 2.75) is 44.8 Å². The minimum absolute atomic E-state index is 0.0178. The van der Waals surface area contributed by atoms with Crippen LogP contribution in [0.5, 0.6) is 5.75 Å². The number of ether oxygens (including phenoxy) is 2. The highest BCUT2D eigenvalue weighted by molar-refractivity contribution is 6.09. The fraction of sp³-hybridized carbons (Fsp3) is 0.571. The molecule has 2 heterocycles. The lowest BCUT2D eigenvalue weighted by atomic mass is 10.1. The second kappa shape index (κ2) is 7.52. The Morgan fingerprint density at radius 2 is 2.11 bits per heavy atom. The number of fused-ring (bicyclic) bond motifs is 1. The maximum Gasteiger partial charge on any atom is 0.256 e. The standard InChI is InChI=1S/C21H28N2O4/c1-14-20(21(25)22-9-10-27-17(12-22)13-24)18-11-16(26-2)7-8-19(18)23(14)15-5-3-4-6-15/h7-8,11,15,17,24H,3-6,9-10,12-13H2,1-2H3. The topological polar surface area (TPSA) is 63.9 Å². The molecule has 4 rings (SSSR count). The molecule has 1 saturated carbocycles. The van der Waals surface area contributed by atoms with Gasteiger partial charge in [-0.3, -0.25) is 4.79 Å². The number of aliphatic hydroxyl groups excluding tert-OH is 1. The lowest BCUT2D eigenvalue weighted by Gasteiger charge is -2.32. The molecule has 1 amide bonds. The van der Waals surface area contributed by atoms with Gasteiger partial charge in [0.1, 0.15) is 5.75 Å². The van der Waals surface area contributed by atoms with E-state index in [0.717, 1.165) is 40.8 Å². The van der Waals surface area contributed by atoms with Gasteiger partial charge in [0, 0.05) is 35.7 Å². The molecule has 2 aromatic rings. The molecule has 0 bridgehead atoms. The fourth-order valence-corrected chi connectivity index (χ4v) is 4.62. The zero-order chi connectivity index (χ0) is 19.0. The first kappa shape index (κ1) is 18.3. The first-order valence-corrected chi connectivity index (χ1v) is 9.84. The van der Waals surface area contributed by atoms with Crippen LogP contribution in [-0.2, 0) is 4.74 Å². The normalized spacial score (nSPS) is 21.1. The molecule has 1 N–H and O–H groups in total. The van der Waals surface area contributed by atoms with Gasteiger partial charge in [-0.25, -0.2) is 0 Å². The first-order chi connectivity index (χ1) is 13.1. The highest BCUT2D eigenvalue weighted by atomic mass is 16.5. The van der Waals surface area contributed by atoms with Crippen molar-refractivity contribution < 1.29 is 19.4 Å². The maximum atomic E-state index is 13.5. The zero-order valence-corrected chi connectivity index (χ0v) is 16.1. The number of carbonyl (C=O) groups excluding carboxylic acids is 1. The molecule has 2 fully saturated rings. The summed E-state index contributed by atoms with van der Waals surface area (Å²) in [5.41, 5.74) is 2.90. The summed E-state index contributed by atoms with van der Waals surface area (Å²) in [6.45, 7) is 3.42. The summed E-state index contributed by atoms with van der Waals surface area (Å²) in [6, 6.07) is 6.48. The van der Waals surface area contributed by atoms with E-state index in [1.165, 1.54) is 12.8 Å². The van der Waals surface area contributed by atoms with E-state index in [1.54, 1.807) is 7.11 Å². The molecule has 6 heteroatoms. The molecule has 2 aliphatic rings. The number of carbonyl (C=O) groups is 1. The molecular formula is C21H28N2O4. The van der Waals surface area contributed by atoms with Crippen molar-refractivity contribution in [1.82, 2.24) is 9.47 Å². The van der Waals surface area contributed by atoms with Crippen molar-refractivity contribution in [2.24, 2.45) is 0 Å². The molecule has 0 radical (unpaired) electrons. The molecule has 1 saturated heterocycles. The molecule has 146 valence electrons. The van der Waals surface area contributed by atoms with Crippen LogP contribution >= 0.6 is 0 Å². The minimum Gasteiger partial charge on any atom is -0.497 e. The number of amides is 1. The van der Waals surface area contributed by atoms with Gasteiger partial charge >= 0.3 is 0 Å². The average Bonchev–Trinajstić information content (AvgIpc) is 3.32. The van der Waals surface area contributed by atoms with Crippen LogP contribution in [0.25, 0.3) is 10.9 Å². The van der Waals surface area contributed by atoms with Gasteiger partial charge < -0.3 is 24.0 Å². The molecule has 1 unspecified atom stereocenters. The van der Waals surface area contributed by atoms with Crippen LogP contribution in [0.3, 0.4) is 0 Å². The van der Waals surface area contributed by atoms with Crippen LogP contribution in [0.15, 0.2) is 18.2 Å². The Morgan fingerprint density at radius 1 is 1.33 bits per heavy atom. The van der Waals surface area contributed by atoms with E-state index in [1.807, 2.05) is 17.0 Å². The molecule has 6 nitrogen and oxygen atoms in total. The molecule has 1 atom stereocenters. The number of aromatic nitrogens is 1. The number of rotatable bonds is 4. The largest absolute Gasteiger partial charge is 0.497 e. The average molecular weight is 372 g/mol. The third-order valence-electron chi connectivity index (χ3n) is 5.99. The smallest absolute Gasteiger partial charge is 0.256 e. The van der Waals surface area contributed by atoms with Crippen molar-refractivity contribution in [1.29, 1.82) is 0 Å². The summed E-state index contributed by atoms with van der Waals surface area (Å²) < 4.78 is 13.3. The number of morpholine rings is 1. The van der Waals surface area contributed by atoms with Gasteiger partial charge in [-0.05, 0) is 38.0 Å². The van der Waals surface area contributed by atoms with Crippen LogP contribution in [-0.4, -0.2) is 60.0 Å². The highest BCUT2D eigenvalue weighted by Gasteiger charge is 2.31. The van der Waals surface area contributed by atoms with Gasteiger partial charge in [-0.15, -0.1) is 0 Å². The van der Waals surface area contributed by atoms with Crippen molar-refractivity contribution in [3.63, 3.8) is 0 Å². The Balaban J connectivity index is 1.80. The quantitative estimate of drug-likeness (QED) is 0.896. The van der Waals surface area contributed by atoms with Gasteiger partial charge in [-0.2, -0.15) is 0 Å². The Labute approximate surface area is 159 Å².